The molecule has 0 aliphatic carbocycles. The molecule has 0 spiro atoms. The number of benzene rings is 2. The predicted octanol–water partition coefficient (Wildman–Crippen LogP) is 3.35. The first-order chi connectivity index (χ1) is 9.02. The van der Waals surface area contributed by atoms with Crippen molar-refractivity contribution in [2.45, 2.75) is 20.0 Å². The van der Waals surface area contributed by atoms with Gasteiger partial charge in [0.25, 0.3) is 0 Å². The van der Waals surface area contributed by atoms with Crippen LogP contribution in [0.4, 0.5) is 10.1 Å². The summed E-state index contributed by atoms with van der Waals surface area (Å²) in [5, 5.41) is 0. The molecule has 2 N–H and O–H groups in total. The standard InChI is InChI=1S/C16H19FN2/c1-12-3-5-13(6-4-12)10-19(2)11-14-7-15(17)9-16(18)8-14/h3-9H,10-11,18H2,1-2H3. The fraction of sp³-hybridized carbons (Fsp3) is 0.250. The van der Waals surface area contributed by atoms with Crippen molar-refractivity contribution in [2.75, 3.05) is 12.8 Å². The van der Waals surface area contributed by atoms with Gasteiger partial charge in [-0.1, -0.05) is 29.8 Å². The Labute approximate surface area is 113 Å². The van der Waals surface area contributed by atoms with Gasteiger partial charge in [-0.25, -0.2) is 4.39 Å². The number of nitrogens with two attached hydrogens (primary N) is 1. The van der Waals surface area contributed by atoms with E-state index >= 15 is 0 Å². The van der Waals surface area contributed by atoms with Crippen molar-refractivity contribution in [1.82, 2.24) is 4.90 Å². The highest BCUT2D eigenvalue weighted by Gasteiger charge is 2.04. The second kappa shape index (κ2) is 5.85. The molecule has 0 bridgehead atoms. The fourth-order valence-corrected chi connectivity index (χ4v) is 2.14. The molecule has 0 saturated heterocycles. The average molecular weight is 258 g/mol. The van der Waals surface area contributed by atoms with Crippen molar-refractivity contribution < 1.29 is 4.39 Å². The molecular weight excluding hydrogens is 239 g/mol. The van der Waals surface area contributed by atoms with E-state index in [1.165, 1.54) is 23.3 Å². The van der Waals surface area contributed by atoms with Crippen molar-refractivity contribution in [1.29, 1.82) is 0 Å². The van der Waals surface area contributed by atoms with E-state index in [9.17, 15) is 4.39 Å². The summed E-state index contributed by atoms with van der Waals surface area (Å²) >= 11 is 0. The van der Waals surface area contributed by atoms with Gasteiger partial charge in [-0.2, -0.15) is 0 Å². The average Bonchev–Trinajstić information content (AvgIpc) is 2.30. The van der Waals surface area contributed by atoms with Gasteiger partial charge < -0.3 is 5.73 Å². The Morgan fingerprint density at radius 2 is 1.63 bits per heavy atom. The summed E-state index contributed by atoms with van der Waals surface area (Å²) in [5.74, 6) is -0.279. The van der Waals surface area contributed by atoms with Crippen LogP contribution in [0.15, 0.2) is 42.5 Å². The number of nitrogen functional groups attached to an aromatic ring is 1. The Bertz CT molecular complexity index is 529. The number of anilines is 1. The monoisotopic (exact) mass is 258 g/mol. The van der Waals surface area contributed by atoms with Crippen LogP contribution >= 0.6 is 0 Å². The van der Waals surface area contributed by atoms with Crippen LogP contribution < -0.4 is 5.73 Å². The number of nitrogens with zero attached hydrogens (tertiary/aromatic N) is 1. The molecule has 0 fully saturated rings. The first kappa shape index (κ1) is 13.6. The minimum absolute atomic E-state index is 0.279. The second-order valence-electron chi connectivity index (χ2n) is 5.05. The molecule has 0 atom stereocenters. The Morgan fingerprint density at radius 1 is 1.00 bits per heavy atom. The van der Waals surface area contributed by atoms with E-state index < -0.39 is 0 Å². The Morgan fingerprint density at radius 3 is 2.26 bits per heavy atom. The Kier molecular flexibility index (Phi) is 4.17. The first-order valence-corrected chi connectivity index (χ1v) is 6.32. The maximum absolute atomic E-state index is 13.3. The van der Waals surface area contributed by atoms with Crippen molar-refractivity contribution in [3.8, 4) is 0 Å². The molecule has 100 valence electrons. The number of aryl methyl sites for hydroxylation is 1. The van der Waals surface area contributed by atoms with Gasteiger partial charge in [0.05, 0.1) is 0 Å². The number of hydrogen-bond acceptors (Lipinski definition) is 2. The van der Waals surface area contributed by atoms with E-state index in [0.717, 1.165) is 12.1 Å². The predicted molar refractivity (Wildman–Crippen MR) is 77.2 cm³/mol. The zero-order chi connectivity index (χ0) is 13.8. The number of hydrogen-bond donors (Lipinski definition) is 1. The Hall–Kier alpha value is -1.87. The summed E-state index contributed by atoms with van der Waals surface area (Å²) in [6, 6.07) is 13.1. The summed E-state index contributed by atoms with van der Waals surface area (Å²) in [6.45, 7) is 3.58. The van der Waals surface area contributed by atoms with Gasteiger partial charge in [0, 0.05) is 18.8 Å². The molecule has 0 unspecified atom stereocenters. The molecule has 0 heterocycles. The summed E-state index contributed by atoms with van der Waals surface area (Å²) in [6.07, 6.45) is 0. The summed E-state index contributed by atoms with van der Waals surface area (Å²) in [7, 11) is 2.01. The smallest absolute Gasteiger partial charge is 0.125 e. The topological polar surface area (TPSA) is 29.3 Å². The van der Waals surface area contributed by atoms with E-state index in [1.807, 2.05) is 13.1 Å². The van der Waals surface area contributed by atoms with Crippen LogP contribution in [0.1, 0.15) is 16.7 Å². The van der Waals surface area contributed by atoms with Gasteiger partial charge in [0.1, 0.15) is 5.82 Å². The third kappa shape index (κ3) is 4.07. The highest BCUT2D eigenvalue weighted by molar-refractivity contribution is 5.41. The van der Waals surface area contributed by atoms with E-state index in [2.05, 4.69) is 36.1 Å². The lowest BCUT2D eigenvalue weighted by molar-refractivity contribution is 0.318. The van der Waals surface area contributed by atoms with Crippen LogP contribution in [0.25, 0.3) is 0 Å². The first-order valence-electron chi connectivity index (χ1n) is 6.32. The van der Waals surface area contributed by atoms with Gasteiger partial charge >= 0.3 is 0 Å². The highest BCUT2D eigenvalue weighted by Crippen LogP contribution is 2.14. The minimum atomic E-state index is -0.279. The van der Waals surface area contributed by atoms with Gasteiger partial charge in [-0.05, 0) is 43.3 Å². The molecular formula is C16H19FN2. The lowest BCUT2D eigenvalue weighted by Gasteiger charge is -2.17. The van der Waals surface area contributed by atoms with E-state index in [1.54, 1.807) is 0 Å². The van der Waals surface area contributed by atoms with Crippen LogP contribution in [-0.4, -0.2) is 11.9 Å². The lowest BCUT2D eigenvalue weighted by atomic mass is 10.1. The van der Waals surface area contributed by atoms with Crippen molar-refractivity contribution in [2.24, 2.45) is 0 Å². The maximum atomic E-state index is 13.3. The molecule has 19 heavy (non-hydrogen) atoms. The number of halogens is 1. The van der Waals surface area contributed by atoms with Crippen LogP contribution in [0.2, 0.25) is 0 Å². The molecule has 2 nitrogen and oxygen atoms in total. The fourth-order valence-electron chi connectivity index (χ4n) is 2.14. The van der Waals surface area contributed by atoms with Crippen LogP contribution in [0, 0.1) is 12.7 Å². The second-order valence-corrected chi connectivity index (χ2v) is 5.05. The molecule has 2 rings (SSSR count). The van der Waals surface area contributed by atoms with Crippen LogP contribution in [0.5, 0.6) is 0 Å². The lowest BCUT2D eigenvalue weighted by Crippen LogP contribution is -2.17. The molecule has 0 saturated carbocycles. The molecule has 0 amide bonds. The zero-order valence-corrected chi connectivity index (χ0v) is 11.4. The van der Waals surface area contributed by atoms with Gasteiger partial charge in [0.15, 0.2) is 0 Å². The molecule has 3 heteroatoms. The molecule has 0 radical (unpaired) electrons. The summed E-state index contributed by atoms with van der Waals surface area (Å²) in [5.41, 5.74) is 9.51. The molecule has 0 aromatic heterocycles. The molecule has 0 aliphatic heterocycles. The van der Waals surface area contributed by atoms with Crippen molar-refractivity contribution >= 4 is 5.69 Å². The quantitative estimate of drug-likeness (QED) is 0.852. The number of rotatable bonds is 4. The molecule has 2 aromatic carbocycles. The Balaban J connectivity index is 2.00. The van der Waals surface area contributed by atoms with Gasteiger partial charge in [-0.15, -0.1) is 0 Å². The van der Waals surface area contributed by atoms with E-state index in [-0.39, 0.29) is 5.82 Å². The normalized spacial score (nSPS) is 10.9. The minimum Gasteiger partial charge on any atom is -0.399 e. The summed E-state index contributed by atoms with van der Waals surface area (Å²) < 4.78 is 13.3. The van der Waals surface area contributed by atoms with Crippen molar-refractivity contribution in [3.05, 3.63) is 65.0 Å². The van der Waals surface area contributed by atoms with Gasteiger partial charge in [-0.3, -0.25) is 4.90 Å². The molecule has 2 aromatic rings. The van der Waals surface area contributed by atoms with Gasteiger partial charge in [0.2, 0.25) is 0 Å². The summed E-state index contributed by atoms with van der Waals surface area (Å²) in [4.78, 5) is 2.14. The third-order valence-corrected chi connectivity index (χ3v) is 3.01. The van der Waals surface area contributed by atoms with E-state index in [4.69, 9.17) is 5.73 Å². The third-order valence-electron chi connectivity index (χ3n) is 3.01. The maximum Gasteiger partial charge on any atom is 0.125 e. The highest BCUT2D eigenvalue weighted by atomic mass is 19.1. The van der Waals surface area contributed by atoms with Crippen LogP contribution in [0.3, 0.4) is 0 Å². The molecule has 0 aliphatic rings. The zero-order valence-electron chi connectivity index (χ0n) is 11.4. The van der Waals surface area contributed by atoms with Crippen LogP contribution in [-0.2, 0) is 13.1 Å². The largest absolute Gasteiger partial charge is 0.399 e. The SMILES string of the molecule is Cc1ccc(CN(C)Cc2cc(N)cc(F)c2)cc1. The van der Waals surface area contributed by atoms with Crippen molar-refractivity contribution in [3.63, 3.8) is 0 Å². The van der Waals surface area contributed by atoms with E-state index in [0.29, 0.717) is 12.2 Å².